The van der Waals surface area contributed by atoms with E-state index in [1.165, 1.54) is 6.92 Å². The number of urea groups is 1. The quantitative estimate of drug-likeness (QED) is 0.835. The Morgan fingerprint density at radius 2 is 2.11 bits per heavy atom. The molecule has 0 bridgehead atoms. The van der Waals surface area contributed by atoms with Gasteiger partial charge in [0.25, 0.3) is 0 Å². The van der Waals surface area contributed by atoms with E-state index in [2.05, 4.69) is 5.32 Å². The summed E-state index contributed by atoms with van der Waals surface area (Å²) in [4.78, 5) is 13.4. The van der Waals surface area contributed by atoms with E-state index in [1.54, 1.807) is 4.90 Å². The fourth-order valence-electron chi connectivity index (χ4n) is 3.34. The summed E-state index contributed by atoms with van der Waals surface area (Å²) in [5, 5.41) is 3.01. The molecule has 18 heavy (non-hydrogen) atoms. The highest BCUT2D eigenvalue weighted by Crippen LogP contribution is 2.61. The Labute approximate surface area is 107 Å². The summed E-state index contributed by atoms with van der Waals surface area (Å²) >= 11 is 0. The topological polar surface area (TPSA) is 41.6 Å². The third-order valence-electron chi connectivity index (χ3n) is 4.49. The molecule has 1 saturated heterocycles. The van der Waals surface area contributed by atoms with E-state index in [0.29, 0.717) is 11.5 Å². The summed E-state index contributed by atoms with van der Waals surface area (Å²) in [6.07, 6.45) is 3.57. The number of alkyl halides is 1. The molecule has 5 heteroatoms. The molecule has 102 valence electrons. The Kier molecular flexibility index (Phi) is 2.59. The molecular formula is C13H21FN2O2. The SMILES string of the molecule is CCOC1CC2(C1)CC2NC(=O)N1CC(C)(F)C1. The summed E-state index contributed by atoms with van der Waals surface area (Å²) in [6, 6.07) is 0.181. The maximum Gasteiger partial charge on any atom is 0.317 e. The zero-order valence-electron chi connectivity index (χ0n) is 11.0. The molecule has 3 aliphatic rings. The zero-order valence-corrected chi connectivity index (χ0v) is 11.0. The van der Waals surface area contributed by atoms with Crippen LogP contribution in [0, 0.1) is 5.41 Å². The molecular weight excluding hydrogens is 235 g/mol. The highest BCUT2D eigenvalue weighted by atomic mass is 19.1. The lowest BCUT2D eigenvalue weighted by molar-refractivity contribution is -0.0380. The summed E-state index contributed by atoms with van der Waals surface area (Å²) in [5.74, 6) is 0. The van der Waals surface area contributed by atoms with Crippen LogP contribution in [-0.2, 0) is 4.74 Å². The highest BCUT2D eigenvalue weighted by molar-refractivity contribution is 5.76. The standard InChI is InChI=1S/C13H21FN2O2/c1-3-18-9-4-13(5-9)6-10(13)15-11(17)16-7-12(2,14)8-16/h9-10H,3-8H2,1-2H3,(H,15,17). The monoisotopic (exact) mass is 256 g/mol. The fraction of sp³-hybridized carbons (Fsp3) is 0.923. The molecule has 3 fully saturated rings. The van der Waals surface area contributed by atoms with Crippen LogP contribution in [-0.4, -0.2) is 48.4 Å². The summed E-state index contributed by atoms with van der Waals surface area (Å²) in [7, 11) is 0. The van der Waals surface area contributed by atoms with Gasteiger partial charge in [-0.2, -0.15) is 0 Å². The number of likely N-dealkylation sites (tertiary alicyclic amines) is 1. The van der Waals surface area contributed by atoms with Gasteiger partial charge in [-0.05, 0) is 38.5 Å². The average molecular weight is 256 g/mol. The molecule has 2 saturated carbocycles. The molecule has 0 aromatic carbocycles. The lowest BCUT2D eigenvalue weighted by Crippen LogP contribution is -2.62. The molecule has 1 N–H and O–H groups in total. The minimum atomic E-state index is -1.19. The third-order valence-corrected chi connectivity index (χ3v) is 4.49. The molecule has 4 nitrogen and oxygen atoms in total. The molecule has 0 radical (unpaired) electrons. The van der Waals surface area contributed by atoms with E-state index in [-0.39, 0.29) is 25.2 Å². The van der Waals surface area contributed by atoms with Gasteiger partial charge in [0, 0.05) is 12.6 Å². The van der Waals surface area contributed by atoms with Crippen LogP contribution in [0.2, 0.25) is 0 Å². The van der Waals surface area contributed by atoms with E-state index in [4.69, 9.17) is 4.74 Å². The fourth-order valence-corrected chi connectivity index (χ4v) is 3.34. The Balaban J connectivity index is 1.40. The number of nitrogens with one attached hydrogen (secondary N) is 1. The van der Waals surface area contributed by atoms with Gasteiger partial charge in [-0.3, -0.25) is 0 Å². The predicted octanol–water partition coefficient (Wildman–Crippen LogP) is 1.70. The minimum absolute atomic E-state index is 0.105. The van der Waals surface area contributed by atoms with Crippen molar-refractivity contribution in [2.24, 2.45) is 5.41 Å². The van der Waals surface area contributed by atoms with Crippen molar-refractivity contribution < 1.29 is 13.9 Å². The first-order chi connectivity index (χ1) is 8.44. The summed E-state index contributed by atoms with van der Waals surface area (Å²) in [6.45, 7) is 4.75. The Bertz CT molecular complexity index is 358. The zero-order chi connectivity index (χ0) is 13.0. The van der Waals surface area contributed by atoms with Gasteiger partial charge in [0.2, 0.25) is 0 Å². The van der Waals surface area contributed by atoms with E-state index in [0.717, 1.165) is 25.9 Å². The molecule has 1 aliphatic heterocycles. The molecule has 0 aromatic rings. The number of hydrogen-bond donors (Lipinski definition) is 1. The Hall–Kier alpha value is -0.840. The van der Waals surface area contributed by atoms with Crippen molar-refractivity contribution in [3.05, 3.63) is 0 Å². The van der Waals surface area contributed by atoms with Gasteiger partial charge >= 0.3 is 6.03 Å². The van der Waals surface area contributed by atoms with E-state index in [9.17, 15) is 9.18 Å². The van der Waals surface area contributed by atoms with Gasteiger partial charge in [0.05, 0.1) is 19.2 Å². The lowest BCUT2D eigenvalue weighted by atomic mass is 9.78. The normalized spacial score (nSPS) is 40.1. The number of nitrogens with zero attached hydrogens (tertiary/aromatic N) is 1. The van der Waals surface area contributed by atoms with Crippen LogP contribution in [0.15, 0.2) is 0 Å². The van der Waals surface area contributed by atoms with Crippen LogP contribution in [0.3, 0.4) is 0 Å². The Morgan fingerprint density at radius 1 is 1.44 bits per heavy atom. The average Bonchev–Trinajstić information content (AvgIpc) is 2.88. The second-order valence-corrected chi connectivity index (χ2v) is 6.32. The van der Waals surface area contributed by atoms with Crippen molar-refractivity contribution in [1.82, 2.24) is 10.2 Å². The van der Waals surface area contributed by atoms with Gasteiger partial charge in [-0.25, -0.2) is 9.18 Å². The van der Waals surface area contributed by atoms with Crippen molar-refractivity contribution in [3.8, 4) is 0 Å². The third kappa shape index (κ3) is 1.98. The molecule has 1 spiro atoms. The number of halogens is 1. The first kappa shape index (κ1) is 12.2. The van der Waals surface area contributed by atoms with Crippen molar-refractivity contribution in [2.45, 2.75) is 50.9 Å². The van der Waals surface area contributed by atoms with Gasteiger partial charge < -0.3 is 15.0 Å². The van der Waals surface area contributed by atoms with Gasteiger partial charge in [0.15, 0.2) is 0 Å². The summed E-state index contributed by atoms with van der Waals surface area (Å²) < 4.78 is 18.8. The first-order valence-electron chi connectivity index (χ1n) is 6.80. The number of ether oxygens (including phenoxy) is 1. The summed E-state index contributed by atoms with van der Waals surface area (Å²) in [5.41, 5.74) is -0.880. The predicted molar refractivity (Wildman–Crippen MR) is 65.1 cm³/mol. The van der Waals surface area contributed by atoms with E-state index in [1.807, 2.05) is 6.92 Å². The van der Waals surface area contributed by atoms with Crippen molar-refractivity contribution in [3.63, 3.8) is 0 Å². The van der Waals surface area contributed by atoms with Crippen LogP contribution >= 0.6 is 0 Å². The van der Waals surface area contributed by atoms with Crippen LogP contribution in [0.4, 0.5) is 9.18 Å². The van der Waals surface area contributed by atoms with Crippen molar-refractivity contribution in [1.29, 1.82) is 0 Å². The molecule has 1 heterocycles. The number of rotatable bonds is 3. The van der Waals surface area contributed by atoms with Crippen molar-refractivity contribution in [2.75, 3.05) is 19.7 Å². The van der Waals surface area contributed by atoms with E-state index >= 15 is 0 Å². The Morgan fingerprint density at radius 3 is 2.67 bits per heavy atom. The number of hydrogen-bond acceptors (Lipinski definition) is 2. The second-order valence-electron chi connectivity index (χ2n) is 6.32. The van der Waals surface area contributed by atoms with Crippen LogP contribution in [0.25, 0.3) is 0 Å². The maximum absolute atomic E-state index is 13.3. The second kappa shape index (κ2) is 3.83. The van der Waals surface area contributed by atoms with Crippen LogP contribution < -0.4 is 5.32 Å². The van der Waals surface area contributed by atoms with Crippen LogP contribution in [0.1, 0.15) is 33.1 Å². The molecule has 1 unspecified atom stereocenters. The first-order valence-corrected chi connectivity index (χ1v) is 6.80. The molecule has 3 rings (SSSR count). The molecule has 1 atom stereocenters. The number of carbonyl (C=O) groups is 1. The highest BCUT2D eigenvalue weighted by Gasteiger charge is 2.63. The van der Waals surface area contributed by atoms with Gasteiger partial charge in [0.1, 0.15) is 5.67 Å². The van der Waals surface area contributed by atoms with Crippen molar-refractivity contribution >= 4 is 6.03 Å². The molecule has 2 amide bonds. The minimum Gasteiger partial charge on any atom is -0.378 e. The van der Waals surface area contributed by atoms with E-state index < -0.39 is 5.67 Å². The van der Waals surface area contributed by atoms with Gasteiger partial charge in [-0.1, -0.05) is 0 Å². The smallest absolute Gasteiger partial charge is 0.317 e. The number of amides is 2. The largest absolute Gasteiger partial charge is 0.378 e. The number of carbonyl (C=O) groups excluding carboxylic acids is 1. The van der Waals surface area contributed by atoms with Gasteiger partial charge in [-0.15, -0.1) is 0 Å². The van der Waals surface area contributed by atoms with Crippen LogP contribution in [0.5, 0.6) is 0 Å². The molecule has 0 aromatic heterocycles. The molecule has 2 aliphatic carbocycles. The maximum atomic E-state index is 13.3. The lowest BCUT2D eigenvalue weighted by Gasteiger charge is -2.42.